The van der Waals surface area contributed by atoms with Crippen LogP contribution in [0.3, 0.4) is 0 Å². The van der Waals surface area contributed by atoms with E-state index in [-0.39, 0.29) is 29.2 Å². The molecular weight excluding hydrogens is 420 g/mol. The minimum absolute atomic E-state index is 0.0647. The fourth-order valence-electron chi connectivity index (χ4n) is 3.75. The summed E-state index contributed by atoms with van der Waals surface area (Å²) in [5.41, 5.74) is 0.468. The molecule has 31 heavy (non-hydrogen) atoms. The summed E-state index contributed by atoms with van der Waals surface area (Å²) >= 11 is 1.68. The summed E-state index contributed by atoms with van der Waals surface area (Å²) in [6.45, 7) is 1.80. The van der Waals surface area contributed by atoms with Gasteiger partial charge >= 0.3 is 11.8 Å². The van der Waals surface area contributed by atoms with Crippen molar-refractivity contribution in [3.8, 4) is 0 Å². The van der Waals surface area contributed by atoms with Crippen LogP contribution in [0.4, 0.5) is 11.4 Å². The van der Waals surface area contributed by atoms with Crippen molar-refractivity contribution < 1.29 is 19.3 Å². The van der Waals surface area contributed by atoms with Crippen molar-refractivity contribution >= 4 is 40.4 Å². The van der Waals surface area contributed by atoms with Crippen molar-refractivity contribution in [2.24, 2.45) is 0 Å². The molecule has 0 saturated heterocycles. The van der Waals surface area contributed by atoms with Crippen LogP contribution in [0.5, 0.6) is 0 Å². The van der Waals surface area contributed by atoms with Gasteiger partial charge in [-0.15, -0.1) is 11.3 Å². The largest absolute Gasteiger partial charge is 0.354 e. The number of nitro groups is 1. The van der Waals surface area contributed by atoms with Crippen LogP contribution in [0, 0.1) is 17.0 Å². The Bertz CT molecular complexity index is 984. The fourth-order valence-corrected chi connectivity index (χ4v) is 4.74. The Kier molecular flexibility index (Phi) is 7.01. The van der Waals surface area contributed by atoms with Crippen LogP contribution in [-0.4, -0.2) is 35.7 Å². The van der Waals surface area contributed by atoms with Crippen LogP contribution in [0.15, 0.2) is 35.7 Å². The zero-order chi connectivity index (χ0) is 22.4. The summed E-state index contributed by atoms with van der Waals surface area (Å²) in [5, 5.41) is 20.4. The molecule has 3 N–H and O–H groups in total. The second-order valence-corrected chi connectivity index (χ2v) is 8.58. The number of nitrogens with zero attached hydrogens (tertiary/aromatic N) is 1. The van der Waals surface area contributed by atoms with Crippen LogP contribution in [0.25, 0.3) is 0 Å². The lowest BCUT2D eigenvalue weighted by Gasteiger charge is -2.28. The maximum atomic E-state index is 12.2. The molecule has 3 rings (SSSR count). The fraction of sp³-hybridized carbons (Fsp3) is 0.381. The molecular formula is C21H24N4O5S. The molecule has 0 aliphatic heterocycles. The van der Waals surface area contributed by atoms with Gasteiger partial charge in [0.05, 0.1) is 17.2 Å². The molecule has 1 aliphatic rings. The first-order valence-corrected chi connectivity index (χ1v) is 10.8. The molecule has 0 bridgehead atoms. The number of thiophene rings is 1. The van der Waals surface area contributed by atoms with Gasteiger partial charge in [0.2, 0.25) is 5.91 Å². The van der Waals surface area contributed by atoms with Crippen molar-refractivity contribution in [2.45, 2.75) is 38.0 Å². The normalized spacial score (nSPS) is 14.6. The molecule has 0 unspecified atom stereocenters. The van der Waals surface area contributed by atoms with E-state index < -0.39 is 16.7 Å². The number of nitrogens with one attached hydrogen (secondary N) is 3. The minimum atomic E-state index is -0.998. The lowest BCUT2D eigenvalue weighted by Crippen LogP contribution is -2.45. The average Bonchev–Trinajstić information content (AvgIpc) is 3.44. The van der Waals surface area contributed by atoms with Gasteiger partial charge < -0.3 is 16.0 Å². The second kappa shape index (κ2) is 9.69. The molecule has 1 saturated carbocycles. The number of rotatable bonds is 7. The number of hydrogen-bond donors (Lipinski definition) is 3. The molecule has 9 nitrogen and oxygen atoms in total. The van der Waals surface area contributed by atoms with Crippen LogP contribution in [-0.2, 0) is 19.8 Å². The van der Waals surface area contributed by atoms with Crippen LogP contribution >= 0.6 is 11.3 Å². The molecule has 0 radical (unpaired) electrons. The van der Waals surface area contributed by atoms with Crippen molar-refractivity contribution in [1.29, 1.82) is 0 Å². The lowest BCUT2D eigenvalue weighted by molar-refractivity contribution is -0.384. The first-order chi connectivity index (χ1) is 14.8. The highest BCUT2D eigenvalue weighted by atomic mass is 32.1. The number of nitro benzene ring substituents is 1. The molecule has 2 aromatic rings. The third-order valence-electron chi connectivity index (χ3n) is 5.52. The van der Waals surface area contributed by atoms with Crippen molar-refractivity contribution in [2.75, 3.05) is 18.4 Å². The van der Waals surface area contributed by atoms with Gasteiger partial charge in [-0.05, 0) is 36.8 Å². The number of non-ortho nitro benzene ring substituents is 1. The summed E-state index contributed by atoms with van der Waals surface area (Å²) < 4.78 is 0. The second-order valence-electron chi connectivity index (χ2n) is 7.63. The maximum Gasteiger partial charge on any atom is 0.313 e. The number of hydrogen-bond acceptors (Lipinski definition) is 6. The highest BCUT2D eigenvalue weighted by Gasteiger charge is 2.36. The first-order valence-electron chi connectivity index (χ1n) is 9.96. The van der Waals surface area contributed by atoms with Gasteiger partial charge in [-0.2, -0.15) is 0 Å². The zero-order valence-corrected chi connectivity index (χ0v) is 17.9. The molecule has 164 valence electrons. The zero-order valence-electron chi connectivity index (χ0n) is 17.1. The smallest absolute Gasteiger partial charge is 0.313 e. The Labute approximate surface area is 183 Å². The summed E-state index contributed by atoms with van der Waals surface area (Å²) in [6.07, 6.45) is 4.24. The van der Waals surface area contributed by atoms with E-state index >= 15 is 0 Å². The molecule has 1 aromatic heterocycles. The minimum Gasteiger partial charge on any atom is -0.354 e. The van der Waals surface area contributed by atoms with Gasteiger partial charge in [-0.25, -0.2) is 0 Å². The summed E-state index contributed by atoms with van der Waals surface area (Å²) in [4.78, 5) is 48.0. The Morgan fingerprint density at radius 2 is 1.87 bits per heavy atom. The van der Waals surface area contributed by atoms with Gasteiger partial charge in [-0.3, -0.25) is 24.5 Å². The van der Waals surface area contributed by atoms with E-state index in [0.717, 1.165) is 25.7 Å². The average molecular weight is 445 g/mol. The van der Waals surface area contributed by atoms with Crippen molar-refractivity contribution in [3.05, 3.63) is 56.3 Å². The lowest BCUT2D eigenvalue weighted by atomic mass is 9.84. The standard InChI is InChI=1S/C21H24N4O5S/c1-14-6-7-15(25(29)30)11-16(14)24-20(28)19(27)22-12-18(26)23-13-21(8-2-3-9-21)17-5-4-10-31-17/h4-7,10-11H,2-3,8-9,12-13H2,1H3,(H,22,27)(H,23,26)(H,24,28). The van der Waals surface area contributed by atoms with Crippen LogP contribution < -0.4 is 16.0 Å². The summed E-state index contributed by atoms with van der Waals surface area (Å²) in [7, 11) is 0. The highest BCUT2D eigenvalue weighted by molar-refractivity contribution is 7.10. The number of carbonyl (C=O) groups excluding carboxylic acids is 3. The Hall–Kier alpha value is -3.27. The molecule has 1 heterocycles. The summed E-state index contributed by atoms with van der Waals surface area (Å²) in [5.74, 6) is -2.37. The van der Waals surface area contributed by atoms with E-state index in [1.54, 1.807) is 18.3 Å². The van der Waals surface area contributed by atoms with Crippen LogP contribution in [0.2, 0.25) is 0 Å². The van der Waals surface area contributed by atoms with Crippen molar-refractivity contribution in [3.63, 3.8) is 0 Å². The van der Waals surface area contributed by atoms with Gasteiger partial charge in [0, 0.05) is 29.0 Å². The van der Waals surface area contributed by atoms with Gasteiger partial charge in [-0.1, -0.05) is 25.0 Å². The molecule has 3 amide bonds. The summed E-state index contributed by atoms with van der Waals surface area (Å²) in [6, 6.07) is 8.06. The van der Waals surface area contributed by atoms with E-state index in [0.29, 0.717) is 12.1 Å². The van der Waals surface area contributed by atoms with E-state index in [2.05, 4.69) is 22.0 Å². The molecule has 1 aliphatic carbocycles. The Balaban J connectivity index is 1.50. The monoisotopic (exact) mass is 444 g/mol. The predicted molar refractivity (Wildman–Crippen MR) is 117 cm³/mol. The maximum absolute atomic E-state index is 12.2. The Morgan fingerprint density at radius 1 is 1.13 bits per heavy atom. The third-order valence-corrected chi connectivity index (χ3v) is 6.64. The molecule has 10 heteroatoms. The van der Waals surface area contributed by atoms with Crippen molar-refractivity contribution in [1.82, 2.24) is 10.6 Å². The topological polar surface area (TPSA) is 130 Å². The molecule has 1 fully saturated rings. The van der Waals surface area contributed by atoms with E-state index in [4.69, 9.17) is 0 Å². The molecule has 1 aromatic carbocycles. The number of aryl methyl sites for hydroxylation is 1. The van der Waals surface area contributed by atoms with Crippen LogP contribution in [0.1, 0.15) is 36.1 Å². The van der Waals surface area contributed by atoms with Gasteiger partial charge in [0.25, 0.3) is 5.69 Å². The van der Waals surface area contributed by atoms with Gasteiger partial charge in [0.15, 0.2) is 0 Å². The predicted octanol–water partition coefficient (Wildman–Crippen LogP) is 2.65. The molecule has 0 spiro atoms. The number of anilines is 1. The SMILES string of the molecule is Cc1ccc([N+](=O)[O-])cc1NC(=O)C(=O)NCC(=O)NCC1(c2cccs2)CCCC1. The highest BCUT2D eigenvalue weighted by Crippen LogP contribution is 2.42. The Morgan fingerprint density at radius 3 is 2.52 bits per heavy atom. The van der Waals surface area contributed by atoms with E-state index in [1.807, 2.05) is 11.4 Å². The quantitative estimate of drug-likeness (QED) is 0.343. The third kappa shape index (κ3) is 5.46. The number of benzene rings is 1. The van der Waals surface area contributed by atoms with E-state index in [1.165, 1.54) is 23.1 Å². The van der Waals surface area contributed by atoms with E-state index in [9.17, 15) is 24.5 Å². The van der Waals surface area contributed by atoms with Gasteiger partial charge in [0.1, 0.15) is 0 Å². The molecule has 0 atom stereocenters. The first kappa shape index (κ1) is 22.4. The number of amides is 3. The number of carbonyl (C=O) groups is 3.